The van der Waals surface area contributed by atoms with Gasteiger partial charge in [-0.3, -0.25) is 4.79 Å². The van der Waals surface area contributed by atoms with E-state index < -0.39 is 0 Å². The fourth-order valence-corrected chi connectivity index (χ4v) is 2.05. The first-order valence-electron chi connectivity index (χ1n) is 4.95. The van der Waals surface area contributed by atoms with Gasteiger partial charge in [-0.25, -0.2) is 0 Å². The molecule has 0 aliphatic rings. The lowest BCUT2D eigenvalue weighted by Crippen LogP contribution is -2.02. The molecule has 0 aliphatic heterocycles. The van der Waals surface area contributed by atoms with Crippen molar-refractivity contribution in [2.24, 2.45) is 0 Å². The largest absolute Gasteiger partial charge is 0.458 e. The Balaban J connectivity index is 2.41. The van der Waals surface area contributed by atoms with Crippen molar-refractivity contribution in [3.05, 3.63) is 57.5 Å². The smallest absolute Gasteiger partial charge is 0.228 e. The van der Waals surface area contributed by atoms with Gasteiger partial charge >= 0.3 is 0 Å². The summed E-state index contributed by atoms with van der Waals surface area (Å²) in [4.78, 5) is 12.1. The van der Waals surface area contributed by atoms with Crippen LogP contribution in [0.3, 0.4) is 0 Å². The van der Waals surface area contributed by atoms with Gasteiger partial charge in [0.05, 0.1) is 0 Å². The Morgan fingerprint density at radius 3 is 2.50 bits per heavy atom. The van der Waals surface area contributed by atoms with Crippen LogP contribution in [0.25, 0.3) is 0 Å². The van der Waals surface area contributed by atoms with Crippen LogP contribution in [-0.4, -0.2) is 5.78 Å². The first-order valence-corrected chi connectivity index (χ1v) is 5.74. The minimum Gasteiger partial charge on any atom is -0.458 e. The van der Waals surface area contributed by atoms with Gasteiger partial charge in [-0.05, 0) is 49.7 Å². The van der Waals surface area contributed by atoms with Crippen LogP contribution in [0.15, 0.2) is 39.2 Å². The second kappa shape index (κ2) is 4.26. The van der Waals surface area contributed by atoms with Crippen molar-refractivity contribution in [3.8, 4) is 0 Å². The van der Waals surface area contributed by atoms with Crippen LogP contribution in [0, 0.1) is 13.8 Å². The van der Waals surface area contributed by atoms with E-state index in [-0.39, 0.29) is 5.78 Å². The molecule has 0 aliphatic carbocycles. The van der Waals surface area contributed by atoms with Crippen LogP contribution in [0.1, 0.15) is 27.4 Å². The number of carbonyl (C=O) groups is 1. The van der Waals surface area contributed by atoms with E-state index in [1.54, 1.807) is 18.2 Å². The summed E-state index contributed by atoms with van der Waals surface area (Å²) >= 11 is 3.37. The maximum Gasteiger partial charge on any atom is 0.228 e. The minimum atomic E-state index is -0.0712. The van der Waals surface area contributed by atoms with E-state index in [0.717, 1.165) is 15.8 Å². The molecule has 0 N–H and O–H groups in total. The second-order valence-electron chi connectivity index (χ2n) is 3.70. The average molecular weight is 279 g/mol. The molecule has 0 fully saturated rings. The molecule has 1 aromatic carbocycles. The average Bonchev–Trinajstić information content (AvgIpc) is 2.64. The Bertz CT molecular complexity index is 541. The molecule has 16 heavy (non-hydrogen) atoms. The number of benzene rings is 1. The van der Waals surface area contributed by atoms with E-state index in [4.69, 9.17) is 4.42 Å². The van der Waals surface area contributed by atoms with Gasteiger partial charge in [0.25, 0.3) is 0 Å². The van der Waals surface area contributed by atoms with Crippen molar-refractivity contribution in [2.45, 2.75) is 13.8 Å². The van der Waals surface area contributed by atoms with Gasteiger partial charge < -0.3 is 4.42 Å². The van der Waals surface area contributed by atoms with Gasteiger partial charge in [0.2, 0.25) is 5.78 Å². The van der Waals surface area contributed by atoms with Gasteiger partial charge in [0, 0.05) is 10.0 Å². The molecular weight excluding hydrogens is 268 g/mol. The Morgan fingerprint density at radius 2 is 1.94 bits per heavy atom. The molecule has 0 radical (unpaired) electrons. The van der Waals surface area contributed by atoms with Crippen molar-refractivity contribution in [2.75, 3.05) is 0 Å². The molecule has 2 nitrogen and oxygen atoms in total. The second-order valence-corrected chi connectivity index (χ2v) is 4.61. The Morgan fingerprint density at radius 1 is 1.19 bits per heavy atom. The minimum absolute atomic E-state index is 0.0712. The molecule has 1 aromatic heterocycles. The van der Waals surface area contributed by atoms with Crippen LogP contribution in [0.2, 0.25) is 0 Å². The number of aryl methyl sites for hydroxylation is 2. The highest BCUT2D eigenvalue weighted by molar-refractivity contribution is 9.10. The highest BCUT2D eigenvalue weighted by Crippen LogP contribution is 2.19. The van der Waals surface area contributed by atoms with E-state index >= 15 is 0 Å². The summed E-state index contributed by atoms with van der Waals surface area (Å²) in [6, 6.07) is 9.08. The van der Waals surface area contributed by atoms with Crippen molar-refractivity contribution < 1.29 is 9.21 Å². The maximum absolute atomic E-state index is 12.1. The summed E-state index contributed by atoms with van der Waals surface area (Å²) in [7, 11) is 0. The molecule has 0 unspecified atom stereocenters. The molecular formula is C13H11BrO2. The van der Waals surface area contributed by atoms with Gasteiger partial charge in [-0.1, -0.05) is 15.9 Å². The number of hydrogen-bond acceptors (Lipinski definition) is 2. The quantitative estimate of drug-likeness (QED) is 0.781. The summed E-state index contributed by atoms with van der Waals surface area (Å²) in [5.74, 6) is 1.07. The van der Waals surface area contributed by atoms with Crippen LogP contribution in [-0.2, 0) is 0 Å². The lowest BCUT2D eigenvalue weighted by molar-refractivity contribution is 0.101. The zero-order chi connectivity index (χ0) is 11.7. The predicted molar refractivity (Wildman–Crippen MR) is 65.8 cm³/mol. The summed E-state index contributed by atoms with van der Waals surface area (Å²) < 4.78 is 6.29. The number of carbonyl (C=O) groups excluding carboxylic acids is 1. The van der Waals surface area contributed by atoms with Gasteiger partial charge in [0.1, 0.15) is 5.76 Å². The molecule has 0 atom stereocenters. The van der Waals surface area contributed by atoms with Gasteiger partial charge in [-0.15, -0.1) is 0 Å². The molecule has 0 saturated heterocycles. The molecule has 1 heterocycles. The first-order chi connectivity index (χ1) is 7.58. The topological polar surface area (TPSA) is 30.2 Å². The van der Waals surface area contributed by atoms with Crippen LogP contribution >= 0.6 is 15.9 Å². The van der Waals surface area contributed by atoms with Crippen molar-refractivity contribution >= 4 is 21.7 Å². The lowest BCUT2D eigenvalue weighted by atomic mass is 10.0. The van der Waals surface area contributed by atoms with Gasteiger partial charge in [-0.2, -0.15) is 0 Å². The van der Waals surface area contributed by atoms with E-state index in [0.29, 0.717) is 11.3 Å². The molecule has 0 spiro atoms. The third-order valence-electron chi connectivity index (χ3n) is 2.40. The Hall–Kier alpha value is -1.35. The summed E-state index contributed by atoms with van der Waals surface area (Å²) in [6.07, 6.45) is 0. The Kier molecular flexibility index (Phi) is 2.97. The van der Waals surface area contributed by atoms with Gasteiger partial charge in [0.15, 0.2) is 5.76 Å². The normalized spacial score (nSPS) is 10.4. The zero-order valence-electron chi connectivity index (χ0n) is 9.08. The lowest BCUT2D eigenvalue weighted by Gasteiger charge is -2.03. The first kappa shape index (κ1) is 11.1. The molecule has 3 heteroatoms. The number of halogens is 1. The molecule has 0 bridgehead atoms. The highest BCUT2D eigenvalue weighted by atomic mass is 79.9. The number of furan rings is 1. The van der Waals surface area contributed by atoms with E-state index in [2.05, 4.69) is 15.9 Å². The van der Waals surface area contributed by atoms with E-state index in [1.165, 1.54) is 0 Å². The highest BCUT2D eigenvalue weighted by Gasteiger charge is 2.14. The van der Waals surface area contributed by atoms with E-state index in [1.807, 2.05) is 26.0 Å². The summed E-state index contributed by atoms with van der Waals surface area (Å²) in [5, 5.41) is 0. The fourth-order valence-electron chi connectivity index (χ4n) is 1.57. The third kappa shape index (κ3) is 2.09. The predicted octanol–water partition coefficient (Wildman–Crippen LogP) is 3.89. The monoisotopic (exact) mass is 278 g/mol. The standard InChI is InChI=1S/C13H11BrO2/c1-8-7-10(14)4-5-11(8)13(15)12-6-3-9(2)16-12/h3-7H,1-2H3. The molecule has 0 saturated carbocycles. The molecule has 0 amide bonds. The summed E-state index contributed by atoms with van der Waals surface area (Å²) in [6.45, 7) is 3.74. The molecule has 2 rings (SSSR count). The number of ketones is 1. The SMILES string of the molecule is Cc1ccc(C(=O)c2ccc(Br)cc2C)o1. The van der Waals surface area contributed by atoms with Crippen molar-refractivity contribution in [3.63, 3.8) is 0 Å². The maximum atomic E-state index is 12.1. The van der Waals surface area contributed by atoms with Crippen LogP contribution in [0.5, 0.6) is 0 Å². The van der Waals surface area contributed by atoms with Crippen LogP contribution < -0.4 is 0 Å². The van der Waals surface area contributed by atoms with Crippen molar-refractivity contribution in [1.82, 2.24) is 0 Å². The Labute approximate surface area is 102 Å². The molecule has 2 aromatic rings. The number of rotatable bonds is 2. The van der Waals surface area contributed by atoms with Crippen molar-refractivity contribution in [1.29, 1.82) is 0 Å². The number of hydrogen-bond donors (Lipinski definition) is 0. The van der Waals surface area contributed by atoms with E-state index in [9.17, 15) is 4.79 Å². The fraction of sp³-hybridized carbons (Fsp3) is 0.154. The zero-order valence-corrected chi connectivity index (χ0v) is 10.7. The summed E-state index contributed by atoms with van der Waals surface area (Å²) in [5.41, 5.74) is 1.62. The molecule has 82 valence electrons. The third-order valence-corrected chi connectivity index (χ3v) is 2.89. The van der Waals surface area contributed by atoms with Crippen LogP contribution in [0.4, 0.5) is 0 Å².